The van der Waals surface area contributed by atoms with Crippen LogP contribution in [-0.4, -0.2) is 96.7 Å². The molecule has 0 aromatic carbocycles. The van der Waals surface area contributed by atoms with Crippen LogP contribution < -0.4 is 0 Å². The first-order chi connectivity index (χ1) is 48.7. The van der Waals surface area contributed by atoms with Gasteiger partial charge in [-0.1, -0.05) is 272 Å². The Morgan fingerprint density at radius 3 is 0.920 bits per heavy atom. The van der Waals surface area contributed by atoms with Crippen molar-refractivity contribution in [3.8, 4) is 0 Å². The van der Waals surface area contributed by atoms with Crippen molar-refractivity contribution in [2.75, 3.05) is 39.6 Å². The van der Waals surface area contributed by atoms with Crippen molar-refractivity contribution in [1.29, 1.82) is 0 Å². The van der Waals surface area contributed by atoms with Crippen molar-refractivity contribution < 1.29 is 80.2 Å². The first-order valence-corrected chi connectivity index (χ1v) is 42.1. The first kappa shape index (κ1) is 95.7. The van der Waals surface area contributed by atoms with E-state index in [0.717, 1.165) is 148 Å². The molecule has 5 atom stereocenters. The highest BCUT2D eigenvalue weighted by molar-refractivity contribution is 7.47. The molecule has 0 saturated carbocycles. The van der Waals surface area contributed by atoms with E-state index in [0.29, 0.717) is 25.7 Å². The predicted octanol–water partition coefficient (Wildman–Crippen LogP) is 22.6. The normalized spacial score (nSPS) is 14.5. The summed E-state index contributed by atoms with van der Waals surface area (Å²) in [5, 5.41) is 10.6. The smallest absolute Gasteiger partial charge is 0.462 e. The Hall–Kier alpha value is -4.28. The average Bonchev–Trinajstić information content (AvgIpc) is 1.01. The molecule has 576 valence electrons. The molecule has 0 aromatic heterocycles. The lowest BCUT2D eigenvalue weighted by molar-refractivity contribution is -0.161. The number of unbranched alkanes of at least 4 members (excludes halogenated alkanes) is 30. The number of esters is 4. The summed E-state index contributed by atoms with van der Waals surface area (Å²) in [6.07, 6.45) is 78.1. The maximum absolute atomic E-state index is 13.1. The fourth-order valence-corrected chi connectivity index (χ4v) is 11.8. The predicted molar refractivity (Wildman–Crippen MR) is 408 cm³/mol. The number of carbonyl (C=O) groups excluding carboxylic acids is 4. The molecule has 0 saturated heterocycles. The van der Waals surface area contributed by atoms with Crippen LogP contribution in [0.2, 0.25) is 0 Å². The van der Waals surface area contributed by atoms with Gasteiger partial charge in [0.2, 0.25) is 0 Å². The van der Waals surface area contributed by atoms with Crippen molar-refractivity contribution in [3.05, 3.63) is 109 Å². The second-order valence-corrected chi connectivity index (χ2v) is 28.8. The number of hydrogen-bond donors (Lipinski definition) is 3. The largest absolute Gasteiger partial charge is 0.472 e. The van der Waals surface area contributed by atoms with Crippen LogP contribution in [0.1, 0.15) is 323 Å². The van der Waals surface area contributed by atoms with Crippen LogP contribution in [0.15, 0.2) is 109 Å². The molecule has 17 nitrogen and oxygen atoms in total. The maximum atomic E-state index is 13.1. The van der Waals surface area contributed by atoms with E-state index in [9.17, 15) is 43.2 Å². The van der Waals surface area contributed by atoms with Gasteiger partial charge in [-0.2, -0.15) is 0 Å². The van der Waals surface area contributed by atoms with Gasteiger partial charge < -0.3 is 33.8 Å². The topological polar surface area (TPSA) is 237 Å². The number of allylic oxidation sites excluding steroid dienone is 17. The van der Waals surface area contributed by atoms with Gasteiger partial charge in [0, 0.05) is 19.3 Å². The fraction of sp³-hybridized carbons (Fsp3) is 0.728. The Balaban J connectivity index is 5.44. The molecular weight excluding hydrogens is 1310 g/mol. The monoisotopic (exact) mass is 1450 g/mol. The molecule has 0 rings (SSSR count). The molecule has 3 N–H and O–H groups in total. The van der Waals surface area contributed by atoms with Crippen molar-refractivity contribution in [1.82, 2.24) is 0 Å². The summed E-state index contributed by atoms with van der Waals surface area (Å²) < 4.78 is 68.4. The van der Waals surface area contributed by atoms with Gasteiger partial charge in [-0.15, -0.1) is 0 Å². The molecule has 0 spiro atoms. The van der Waals surface area contributed by atoms with E-state index >= 15 is 0 Å². The third kappa shape index (κ3) is 72.1. The third-order valence-corrected chi connectivity index (χ3v) is 18.1. The zero-order valence-corrected chi connectivity index (χ0v) is 64.6. The Bertz CT molecular complexity index is 2320. The van der Waals surface area contributed by atoms with Gasteiger partial charge in [-0.25, -0.2) is 9.13 Å². The van der Waals surface area contributed by atoms with Crippen LogP contribution in [-0.2, 0) is 65.4 Å². The molecule has 0 fully saturated rings. The maximum Gasteiger partial charge on any atom is 0.472 e. The minimum atomic E-state index is -5.00. The van der Waals surface area contributed by atoms with E-state index in [2.05, 4.69) is 113 Å². The molecule has 100 heavy (non-hydrogen) atoms. The summed E-state index contributed by atoms with van der Waals surface area (Å²) in [5.41, 5.74) is 0. The van der Waals surface area contributed by atoms with Gasteiger partial charge in [0.05, 0.1) is 32.8 Å². The number of phosphoric acid groups is 2. The Morgan fingerprint density at radius 2 is 0.560 bits per heavy atom. The number of phosphoric ester groups is 2. The van der Waals surface area contributed by atoms with Crippen LogP contribution in [0.3, 0.4) is 0 Å². The van der Waals surface area contributed by atoms with Crippen LogP contribution in [0.5, 0.6) is 0 Å². The second-order valence-electron chi connectivity index (χ2n) is 25.9. The summed E-state index contributed by atoms with van der Waals surface area (Å²) in [6, 6.07) is 0. The van der Waals surface area contributed by atoms with Gasteiger partial charge in [0.1, 0.15) is 19.3 Å². The van der Waals surface area contributed by atoms with Crippen LogP contribution in [0, 0.1) is 0 Å². The Kier molecular flexibility index (Phi) is 69.9. The molecule has 0 aliphatic carbocycles. The van der Waals surface area contributed by atoms with Crippen LogP contribution >= 0.6 is 15.6 Å². The van der Waals surface area contributed by atoms with Gasteiger partial charge in [0.25, 0.3) is 0 Å². The lowest BCUT2D eigenvalue weighted by Gasteiger charge is -2.21. The quantitative estimate of drug-likeness (QED) is 0.0169. The molecule has 0 radical (unpaired) electrons. The zero-order valence-electron chi connectivity index (χ0n) is 62.8. The van der Waals surface area contributed by atoms with Crippen LogP contribution in [0.4, 0.5) is 0 Å². The molecule has 0 heterocycles. The van der Waals surface area contributed by atoms with Gasteiger partial charge in [-0.05, 0) is 135 Å². The van der Waals surface area contributed by atoms with Crippen molar-refractivity contribution in [2.24, 2.45) is 0 Å². The van der Waals surface area contributed by atoms with Gasteiger partial charge >= 0.3 is 39.5 Å². The van der Waals surface area contributed by atoms with Crippen molar-refractivity contribution in [3.63, 3.8) is 0 Å². The molecule has 0 amide bonds. The van der Waals surface area contributed by atoms with E-state index in [1.807, 2.05) is 18.2 Å². The highest BCUT2D eigenvalue weighted by Crippen LogP contribution is 2.45. The number of rotatable bonds is 73. The number of carbonyl (C=O) groups is 4. The van der Waals surface area contributed by atoms with E-state index < -0.39 is 97.5 Å². The minimum absolute atomic E-state index is 0.0646. The van der Waals surface area contributed by atoms with E-state index in [1.165, 1.54) is 96.3 Å². The zero-order chi connectivity index (χ0) is 73.2. The number of hydrogen-bond acceptors (Lipinski definition) is 15. The summed E-state index contributed by atoms with van der Waals surface area (Å²) in [5.74, 6) is -2.35. The van der Waals surface area contributed by atoms with Crippen molar-refractivity contribution in [2.45, 2.75) is 341 Å². The third-order valence-electron chi connectivity index (χ3n) is 16.2. The summed E-state index contributed by atoms with van der Waals surface area (Å²) in [4.78, 5) is 72.9. The van der Waals surface area contributed by atoms with Crippen LogP contribution in [0.25, 0.3) is 0 Å². The standard InChI is InChI=1S/C81H140O17P2/c1-5-9-13-17-21-25-29-33-37-41-45-49-53-57-61-65-78(83)91-71-76(97-80(85)67-63-59-55-51-47-43-39-35-31-27-23-19-15-11-7-3)73-95-99(87,88)93-69-75(82)70-94-100(89,90)96-74-77(98-81(86)68-64-60-56-52-48-44-40-36-32-28-24-20-16-12-8-4)72-92-79(84)66-62-58-54-50-46-42-38-34-30-26-22-18-14-10-6-2/h9,13,21-22,25-26,33-40,45,49,57,61,75-77,82H,5-8,10-12,14-20,23-24,27-32,41-44,46-48,50-56,58-60,62-74H2,1-4H3,(H,87,88)(H,89,90)/b13-9-,25-21-,26-22-,37-33-,38-34-,39-35-,40-36-,49-45-,61-57-. The SMILES string of the molecule is CC/C=C\C/C=C\C/C=C\C/C=C\C/C=C\CC(=O)OCC(COP(=O)(O)OCC(O)COP(=O)(O)OCC(COC(=O)CCCCCCC/C=C\C/C=C\CCCCC)OC(=O)CCCCCCC/C=C\CCCCCCCC)OC(=O)CCCCCCC/C=C\CCCCCCCC. The van der Waals surface area contributed by atoms with Gasteiger partial charge in [0.15, 0.2) is 12.2 Å². The van der Waals surface area contributed by atoms with E-state index in [-0.39, 0.29) is 25.7 Å². The molecular formula is C81H140O17P2. The summed E-state index contributed by atoms with van der Waals surface area (Å²) in [7, 11) is -9.98. The molecule has 0 aliphatic rings. The highest BCUT2D eigenvalue weighted by Gasteiger charge is 2.30. The molecule has 0 aromatic rings. The lowest BCUT2D eigenvalue weighted by Crippen LogP contribution is -2.30. The molecule has 5 unspecified atom stereocenters. The summed E-state index contributed by atoms with van der Waals surface area (Å²) >= 11 is 0. The van der Waals surface area contributed by atoms with E-state index in [4.69, 9.17) is 37.0 Å². The summed E-state index contributed by atoms with van der Waals surface area (Å²) in [6.45, 7) is 4.60. The number of ether oxygens (including phenoxy) is 4. The first-order valence-electron chi connectivity index (χ1n) is 39.1. The Labute approximate surface area is 607 Å². The number of aliphatic hydroxyl groups is 1. The Morgan fingerprint density at radius 1 is 0.300 bits per heavy atom. The van der Waals surface area contributed by atoms with E-state index in [1.54, 1.807) is 6.08 Å². The fourth-order valence-electron chi connectivity index (χ4n) is 10.3. The average molecular weight is 1450 g/mol. The van der Waals surface area contributed by atoms with Crippen molar-refractivity contribution >= 4 is 39.5 Å². The lowest BCUT2D eigenvalue weighted by atomic mass is 10.1. The van der Waals surface area contributed by atoms with Gasteiger partial charge in [-0.3, -0.25) is 37.3 Å². The molecule has 19 heteroatoms. The molecule has 0 bridgehead atoms. The highest BCUT2D eigenvalue weighted by atomic mass is 31.2. The second kappa shape index (κ2) is 73.0. The minimum Gasteiger partial charge on any atom is -0.462 e. The molecule has 0 aliphatic heterocycles. The number of aliphatic hydroxyl groups excluding tert-OH is 1.